The van der Waals surface area contributed by atoms with Crippen LogP contribution in [0.15, 0.2) is 24.4 Å². The van der Waals surface area contributed by atoms with Gasteiger partial charge in [-0.3, -0.25) is 0 Å². The van der Waals surface area contributed by atoms with Gasteiger partial charge in [0.05, 0.1) is 30.5 Å². The maximum atomic E-state index is 14.3. The Hall–Kier alpha value is -2.85. The normalized spacial score (nSPS) is 23.6. The minimum atomic E-state index is -1.04. The molecule has 1 aromatic carbocycles. The van der Waals surface area contributed by atoms with E-state index in [0.29, 0.717) is 36.7 Å². The van der Waals surface area contributed by atoms with Crippen molar-refractivity contribution in [2.75, 3.05) is 23.8 Å². The molecule has 0 unspecified atom stereocenters. The summed E-state index contributed by atoms with van der Waals surface area (Å²) >= 11 is 0. The van der Waals surface area contributed by atoms with Crippen molar-refractivity contribution < 1.29 is 23.0 Å². The number of ether oxygens (including phenoxy) is 1. The van der Waals surface area contributed by atoms with Crippen molar-refractivity contribution >= 4 is 28.5 Å². The van der Waals surface area contributed by atoms with Gasteiger partial charge in [-0.25, -0.2) is 23.1 Å². The van der Waals surface area contributed by atoms with Gasteiger partial charge in [0, 0.05) is 30.8 Å². The highest BCUT2D eigenvalue weighted by atomic mass is 19.1. The van der Waals surface area contributed by atoms with Gasteiger partial charge in [0.25, 0.3) is 0 Å². The molecule has 0 radical (unpaired) electrons. The summed E-state index contributed by atoms with van der Waals surface area (Å²) < 4.78 is 49.3. The monoisotopic (exact) mass is 447 g/mol. The summed E-state index contributed by atoms with van der Waals surface area (Å²) in [6.45, 7) is 1.02. The van der Waals surface area contributed by atoms with Crippen LogP contribution in [0.2, 0.25) is 0 Å². The summed E-state index contributed by atoms with van der Waals surface area (Å²) in [5.41, 5.74) is 0.847. The van der Waals surface area contributed by atoms with E-state index >= 15 is 0 Å². The highest BCUT2D eigenvalue weighted by Crippen LogP contribution is 2.33. The van der Waals surface area contributed by atoms with Crippen molar-refractivity contribution in [3.63, 3.8) is 0 Å². The molecule has 170 valence electrons. The molecule has 2 aliphatic rings. The maximum absolute atomic E-state index is 14.3. The van der Waals surface area contributed by atoms with Crippen molar-refractivity contribution in [3.05, 3.63) is 41.8 Å². The molecule has 0 spiro atoms. The first kappa shape index (κ1) is 21.0. The summed E-state index contributed by atoms with van der Waals surface area (Å²) in [6.07, 6.45) is 5.30. The molecule has 1 aliphatic carbocycles. The van der Waals surface area contributed by atoms with E-state index in [1.54, 1.807) is 6.20 Å². The van der Waals surface area contributed by atoms with E-state index in [1.165, 1.54) is 0 Å². The van der Waals surface area contributed by atoms with Gasteiger partial charge in [-0.15, -0.1) is 0 Å². The second-order valence-electron chi connectivity index (χ2n) is 8.40. The molecule has 5 rings (SSSR count). The number of anilines is 3. The van der Waals surface area contributed by atoms with Crippen LogP contribution < -0.4 is 10.6 Å². The molecule has 3 heterocycles. The molecular weight excluding hydrogens is 423 g/mol. The summed E-state index contributed by atoms with van der Waals surface area (Å²) in [7, 11) is 0. The number of halogens is 3. The highest BCUT2D eigenvalue weighted by molar-refractivity contribution is 5.81. The molecule has 1 saturated heterocycles. The Balaban J connectivity index is 1.51. The zero-order chi connectivity index (χ0) is 22.2. The SMILES string of the molecule is OC1CCC(Nc2cc3c(cn2)nc(Nc2c(F)cc(F)cc2F)n3[C@H]2CCOC2)CC1. The topological polar surface area (TPSA) is 84.2 Å². The first-order valence-electron chi connectivity index (χ1n) is 10.8. The van der Waals surface area contributed by atoms with Gasteiger partial charge in [-0.2, -0.15) is 0 Å². The van der Waals surface area contributed by atoms with E-state index in [4.69, 9.17) is 4.74 Å². The molecule has 3 N–H and O–H groups in total. The zero-order valence-electron chi connectivity index (χ0n) is 17.3. The Bertz CT molecular complexity index is 1100. The van der Waals surface area contributed by atoms with E-state index in [2.05, 4.69) is 20.6 Å². The smallest absolute Gasteiger partial charge is 0.208 e. The number of pyridine rings is 1. The van der Waals surface area contributed by atoms with Gasteiger partial charge in [0.2, 0.25) is 5.95 Å². The fourth-order valence-electron chi connectivity index (χ4n) is 4.46. The van der Waals surface area contributed by atoms with Gasteiger partial charge in [-0.05, 0) is 32.1 Å². The predicted molar refractivity (Wildman–Crippen MR) is 113 cm³/mol. The molecule has 1 aliphatic heterocycles. The Labute approximate surface area is 182 Å². The lowest BCUT2D eigenvalue weighted by molar-refractivity contribution is 0.126. The average Bonchev–Trinajstić information content (AvgIpc) is 3.39. The number of hydrogen-bond acceptors (Lipinski definition) is 6. The third-order valence-corrected chi connectivity index (χ3v) is 6.14. The summed E-state index contributed by atoms with van der Waals surface area (Å²) in [5.74, 6) is -2.16. The third-order valence-electron chi connectivity index (χ3n) is 6.14. The van der Waals surface area contributed by atoms with E-state index in [0.717, 1.165) is 37.6 Å². The van der Waals surface area contributed by atoms with E-state index in [1.807, 2.05) is 10.6 Å². The number of benzene rings is 1. The molecule has 0 amide bonds. The lowest BCUT2D eigenvalue weighted by Gasteiger charge is -2.26. The molecule has 1 atom stereocenters. The number of rotatable bonds is 5. The van der Waals surface area contributed by atoms with Crippen LogP contribution in [0.1, 0.15) is 38.1 Å². The second-order valence-corrected chi connectivity index (χ2v) is 8.40. The molecule has 2 aromatic heterocycles. The summed E-state index contributed by atoms with van der Waals surface area (Å²) in [6, 6.07) is 3.27. The van der Waals surface area contributed by atoms with Crippen LogP contribution in [0.4, 0.5) is 30.6 Å². The standard InChI is InChI=1S/C22H24F3N5O2/c23-12-7-16(24)21(17(25)8-12)29-22-28-18-10-26-20(27-13-1-3-15(31)4-2-13)9-19(18)30(22)14-5-6-32-11-14/h7-10,13-15,31H,1-6,11H2,(H,26,27)(H,28,29)/t13?,14-,15?/m0/s1. The minimum Gasteiger partial charge on any atom is -0.393 e. The van der Waals surface area contributed by atoms with Crippen molar-refractivity contribution in [3.8, 4) is 0 Å². The highest BCUT2D eigenvalue weighted by Gasteiger charge is 2.26. The number of hydrogen-bond donors (Lipinski definition) is 3. The van der Waals surface area contributed by atoms with Gasteiger partial charge in [0.1, 0.15) is 22.8 Å². The maximum Gasteiger partial charge on any atom is 0.208 e. The number of aliphatic hydroxyl groups excluding tert-OH is 1. The fraction of sp³-hybridized carbons (Fsp3) is 0.455. The number of aliphatic hydroxyl groups is 1. The number of nitrogens with zero attached hydrogens (tertiary/aromatic N) is 3. The van der Waals surface area contributed by atoms with Gasteiger partial charge in [0.15, 0.2) is 11.6 Å². The second kappa shape index (κ2) is 8.59. The van der Waals surface area contributed by atoms with Gasteiger partial charge in [-0.1, -0.05) is 0 Å². The lowest BCUT2D eigenvalue weighted by Crippen LogP contribution is -2.28. The summed E-state index contributed by atoms with van der Waals surface area (Å²) in [5, 5.41) is 15.9. The average molecular weight is 447 g/mol. The van der Waals surface area contributed by atoms with Crippen molar-refractivity contribution in [1.82, 2.24) is 14.5 Å². The van der Waals surface area contributed by atoms with Gasteiger partial charge < -0.3 is 25.0 Å². The van der Waals surface area contributed by atoms with Gasteiger partial charge >= 0.3 is 0 Å². The number of aromatic nitrogens is 3. The van der Waals surface area contributed by atoms with Crippen molar-refractivity contribution in [2.45, 2.75) is 50.3 Å². The molecule has 0 bridgehead atoms. The molecular formula is C22H24F3N5O2. The van der Waals surface area contributed by atoms with Crippen molar-refractivity contribution in [2.24, 2.45) is 0 Å². The fourth-order valence-corrected chi connectivity index (χ4v) is 4.46. The number of nitrogens with one attached hydrogen (secondary N) is 2. The van der Waals surface area contributed by atoms with Crippen LogP contribution in [0.25, 0.3) is 11.0 Å². The molecule has 10 heteroatoms. The van der Waals surface area contributed by atoms with Crippen molar-refractivity contribution in [1.29, 1.82) is 0 Å². The number of fused-ring (bicyclic) bond motifs is 1. The van der Waals surface area contributed by atoms with Crippen LogP contribution in [-0.4, -0.2) is 45.0 Å². The minimum absolute atomic E-state index is 0.0749. The van der Waals surface area contributed by atoms with Crippen LogP contribution in [0, 0.1) is 17.5 Å². The molecule has 1 saturated carbocycles. The Morgan fingerprint density at radius 2 is 1.78 bits per heavy atom. The third kappa shape index (κ3) is 4.12. The lowest BCUT2D eigenvalue weighted by atomic mass is 9.93. The number of imidazole rings is 1. The quantitative estimate of drug-likeness (QED) is 0.542. The van der Waals surface area contributed by atoms with Crippen LogP contribution >= 0.6 is 0 Å². The van der Waals surface area contributed by atoms with Crippen LogP contribution in [0.3, 0.4) is 0 Å². The molecule has 7 nitrogen and oxygen atoms in total. The Kier molecular flexibility index (Phi) is 5.64. The van der Waals surface area contributed by atoms with Crippen LogP contribution in [0.5, 0.6) is 0 Å². The van der Waals surface area contributed by atoms with E-state index in [9.17, 15) is 18.3 Å². The van der Waals surface area contributed by atoms with Crippen LogP contribution in [-0.2, 0) is 4.74 Å². The molecule has 32 heavy (non-hydrogen) atoms. The Morgan fingerprint density at radius 1 is 1.03 bits per heavy atom. The van der Waals surface area contributed by atoms with E-state index < -0.39 is 23.1 Å². The predicted octanol–water partition coefficient (Wildman–Crippen LogP) is 4.27. The molecule has 3 aromatic rings. The zero-order valence-corrected chi connectivity index (χ0v) is 17.3. The molecule has 2 fully saturated rings. The first-order valence-corrected chi connectivity index (χ1v) is 10.8. The Morgan fingerprint density at radius 3 is 2.47 bits per heavy atom. The summed E-state index contributed by atoms with van der Waals surface area (Å²) in [4.78, 5) is 8.95. The first-order chi connectivity index (χ1) is 15.5. The van der Waals surface area contributed by atoms with E-state index in [-0.39, 0.29) is 24.1 Å². The largest absolute Gasteiger partial charge is 0.393 e.